The van der Waals surface area contributed by atoms with Crippen molar-refractivity contribution in [2.75, 3.05) is 17.3 Å². The van der Waals surface area contributed by atoms with E-state index in [4.69, 9.17) is 4.98 Å². The number of carbonyl (C=O) groups excluding carboxylic acids is 1. The molecule has 2 aliphatic rings. The van der Waals surface area contributed by atoms with Gasteiger partial charge in [0.1, 0.15) is 0 Å². The summed E-state index contributed by atoms with van der Waals surface area (Å²) in [4.78, 5) is 19.3. The zero-order valence-corrected chi connectivity index (χ0v) is 16.2. The van der Waals surface area contributed by atoms with Gasteiger partial charge in [-0.25, -0.2) is 4.98 Å². The standard InChI is InChI=1S/C21H27N3OS/c1-24(18-8-3-2-4-9-18)21-23-19(14-26-21)15-10-12-17(13-11-15)22-20(25)16-6-5-7-16/h10-14,16,18H,2-9H2,1H3,(H,22,25). The first-order chi connectivity index (χ1) is 12.7. The number of amides is 1. The third-order valence-corrected chi connectivity index (χ3v) is 6.77. The van der Waals surface area contributed by atoms with Gasteiger partial charge in [0, 0.05) is 35.6 Å². The lowest BCUT2D eigenvalue weighted by Gasteiger charge is -2.30. The van der Waals surface area contributed by atoms with Crippen molar-refractivity contribution in [1.82, 2.24) is 4.98 Å². The van der Waals surface area contributed by atoms with E-state index in [1.807, 2.05) is 12.1 Å². The first-order valence-electron chi connectivity index (χ1n) is 9.80. The Morgan fingerprint density at radius 1 is 1.08 bits per heavy atom. The van der Waals surface area contributed by atoms with Crippen molar-refractivity contribution in [1.29, 1.82) is 0 Å². The molecule has 0 saturated heterocycles. The average molecular weight is 370 g/mol. The van der Waals surface area contributed by atoms with Crippen LogP contribution >= 0.6 is 11.3 Å². The highest BCUT2D eigenvalue weighted by Gasteiger charge is 2.25. The van der Waals surface area contributed by atoms with Gasteiger partial charge in [-0.3, -0.25) is 4.79 Å². The molecule has 1 amide bonds. The number of nitrogens with one attached hydrogen (secondary N) is 1. The summed E-state index contributed by atoms with van der Waals surface area (Å²) in [6.07, 6.45) is 9.83. The van der Waals surface area contributed by atoms with Gasteiger partial charge < -0.3 is 10.2 Å². The summed E-state index contributed by atoms with van der Waals surface area (Å²) in [5, 5.41) is 6.27. The Hall–Kier alpha value is -1.88. The molecule has 1 aromatic heterocycles. The van der Waals surface area contributed by atoms with Crippen LogP contribution in [-0.4, -0.2) is 24.0 Å². The van der Waals surface area contributed by atoms with E-state index < -0.39 is 0 Å². The van der Waals surface area contributed by atoms with Gasteiger partial charge in [-0.15, -0.1) is 11.3 Å². The fourth-order valence-electron chi connectivity index (χ4n) is 3.82. The number of benzene rings is 1. The normalized spacial score (nSPS) is 18.3. The second-order valence-corrected chi connectivity index (χ2v) is 8.45. The minimum Gasteiger partial charge on any atom is -0.348 e. The van der Waals surface area contributed by atoms with Gasteiger partial charge in [-0.05, 0) is 37.8 Å². The first-order valence-corrected chi connectivity index (χ1v) is 10.7. The molecule has 2 fully saturated rings. The quantitative estimate of drug-likeness (QED) is 0.776. The van der Waals surface area contributed by atoms with Gasteiger partial charge in [0.05, 0.1) is 5.69 Å². The molecule has 26 heavy (non-hydrogen) atoms. The third kappa shape index (κ3) is 3.78. The minimum atomic E-state index is 0.161. The molecule has 1 aromatic carbocycles. The van der Waals surface area contributed by atoms with Crippen LogP contribution in [0.4, 0.5) is 10.8 Å². The number of carbonyl (C=O) groups is 1. The second-order valence-electron chi connectivity index (χ2n) is 7.61. The van der Waals surface area contributed by atoms with Gasteiger partial charge in [0.2, 0.25) is 5.91 Å². The van der Waals surface area contributed by atoms with Crippen molar-refractivity contribution in [3.8, 4) is 11.3 Å². The average Bonchev–Trinajstić information content (AvgIpc) is 3.11. The maximum atomic E-state index is 12.1. The fraction of sp³-hybridized carbons (Fsp3) is 0.524. The van der Waals surface area contributed by atoms with E-state index in [2.05, 4.69) is 34.8 Å². The molecule has 0 bridgehead atoms. The lowest BCUT2D eigenvalue weighted by molar-refractivity contribution is -0.122. The molecule has 138 valence electrons. The maximum absolute atomic E-state index is 12.1. The minimum absolute atomic E-state index is 0.161. The number of nitrogens with zero attached hydrogens (tertiary/aromatic N) is 2. The molecule has 2 aliphatic carbocycles. The lowest BCUT2D eigenvalue weighted by atomic mass is 9.85. The van der Waals surface area contributed by atoms with Crippen LogP contribution in [0.3, 0.4) is 0 Å². The number of thiazole rings is 1. The van der Waals surface area contributed by atoms with Gasteiger partial charge in [-0.1, -0.05) is 37.8 Å². The Bertz CT molecular complexity index is 745. The van der Waals surface area contributed by atoms with Crippen molar-refractivity contribution in [3.63, 3.8) is 0 Å². The molecular weight excluding hydrogens is 342 g/mol. The lowest BCUT2D eigenvalue weighted by Crippen LogP contribution is -2.33. The summed E-state index contributed by atoms with van der Waals surface area (Å²) in [5.41, 5.74) is 3.00. The van der Waals surface area contributed by atoms with Gasteiger partial charge in [0.15, 0.2) is 5.13 Å². The molecule has 0 aliphatic heterocycles. The predicted molar refractivity (Wildman–Crippen MR) is 109 cm³/mol. The predicted octanol–water partition coefficient (Wildman–Crippen LogP) is 5.32. The molecule has 0 spiro atoms. The van der Waals surface area contributed by atoms with Crippen molar-refractivity contribution >= 4 is 28.1 Å². The molecule has 0 unspecified atom stereocenters. The molecule has 5 heteroatoms. The molecule has 2 saturated carbocycles. The van der Waals surface area contributed by atoms with Gasteiger partial charge in [0.25, 0.3) is 0 Å². The monoisotopic (exact) mass is 369 g/mol. The third-order valence-electron chi connectivity index (χ3n) is 5.84. The van der Waals surface area contributed by atoms with E-state index in [0.29, 0.717) is 6.04 Å². The summed E-state index contributed by atoms with van der Waals surface area (Å²) < 4.78 is 0. The summed E-state index contributed by atoms with van der Waals surface area (Å²) in [6, 6.07) is 8.70. The number of anilines is 2. The molecule has 4 nitrogen and oxygen atoms in total. The summed E-state index contributed by atoms with van der Waals surface area (Å²) in [7, 11) is 2.18. The highest BCUT2D eigenvalue weighted by molar-refractivity contribution is 7.14. The van der Waals surface area contributed by atoms with Crippen molar-refractivity contribution < 1.29 is 4.79 Å². The van der Waals surface area contributed by atoms with Crippen molar-refractivity contribution in [2.24, 2.45) is 5.92 Å². The highest BCUT2D eigenvalue weighted by Crippen LogP contribution is 2.32. The summed E-state index contributed by atoms with van der Waals surface area (Å²) in [5.74, 6) is 0.375. The molecule has 0 radical (unpaired) electrons. The molecule has 0 atom stereocenters. The van der Waals surface area contributed by atoms with E-state index in [-0.39, 0.29) is 11.8 Å². The highest BCUT2D eigenvalue weighted by atomic mass is 32.1. The number of rotatable bonds is 5. The van der Waals surface area contributed by atoms with Crippen molar-refractivity contribution in [2.45, 2.75) is 57.4 Å². The van der Waals surface area contributed by atoms with E-state index in [9.17, 15) is 4.79 Å². The topological polar surface area (TPSA) is 45.2 Å². The van der Waals surface area contributed by atoms with Gasteiger partial charge >= 0.3 is 0 Å². The van der Waals surface area contributed by atoms with Crippen LogP contribution in [0.1, 0.15) is 51.4 Å². The largest absolute Gasteiger partial charge is 0.348 e. The molecule has 2 aromatic rings. The van der Waals surface area contributed by atoms with E-state index >= 15 is 0 Å². The van der Waals surface area contributed by atoms with Crippen LogP contribution in [0.25, 0.3) is 11.3 Å². The zero-order valence-electron chi connectivity index (χ0n) is 15.4. The SMILES string of the molecule is CN(c1nc(-c2ccc(NC(=O)C3CCC3)cc2)cs1)C1CCCCC1. The zero-order chi connectivity index (χ0) is 17.9. The Balaban J connectivity index is 1.41. The van der Waals surface area contributed by atoms with Crippen LogP contribution in [0.2, 0.25) is 0 Å². The second kappa shape index (κ2) is 7.78. The number of aromatic nitrogens is 1. The smallest absolute Gasteiger partial charge is 0.227 e. The summed E-state index contributed by atoms with van der Waals surface area (Å²) >= 11 is 1.72. The van der Waals surface area contributed by atoms with E-state index in [0.717, 1.165) is 34.9 Å². The van der Waals surface area contributed by atoms with Crippen LogP contribution in [0.5, 0.6) is 0 Å². The Kier molecular flexibility index (Phi) is 5.25. The van der Waals surface area contributed by atoms with E-state index in [1.165, 1.54) is 38.5 Å². The first kappa shape index (κ1) is 17.5. The van der Waals surface area contributed by atoms with Crippen LogP contribution in [0, 0.1) is 5.92 Å². The Labute approximate surface area is 159 Å². The number of hydrogen-bond donors (Lipinski definition) is 1. The van der Waals surface area contributed by atoms with Crippen LogP contribution in [0.15, 0.2) is 29.6 Å². The summed E-state index contributed by atoms with van der Waals surface area (Å²) in [6.45, 7) is 0. The molecule has 4 rings (SSSR count). The number of hydrogen-bond acceptors (Lipinski definition) is 4. The van der Waals surface area contributed by atoms with Crippen LogP contribution < -0.4 is 10.2 Å². The fourth-order valence-corrected chi connectivity index (χ4v) is 4.69. The maximum Gasteiger partial charge on any atom is 0.227 e. The van der Waals surface area contributed by atoms with Crippen molar-refractivity contribution in [3.05, 3.63) is 29.6 Å². The molecule has 1 N–H and O–H groups in total. The Morgan fingerprint density at radius 2 is 1.81 bits per heavy atom. The Morgan fingerprint density at radius 3 is 2.46 bits per heavy atom. The van der Waals surface area contributed by atoms with Crippen LogP contribution in [-0.2, 0) is 4.79 Å². The van der Waals surface area contributed by atoms with Gasteiger partial charge in [-0.2, -0.15) is 0 Å². The molecule has 1 heterocycles. The van der Waals surface area contributed by atoms with E-state index in [1.54, 1.807) is 11.3 Å². The molecular formula is C21H27N3OS.